The second-order valence-corrected chi connectivity index (χ2v) is 6.19. The Bertz CT molecular complexity index is 881. The van der Waals surface area contributed by atoms with Gasteiger partial charge in [-0.1, -0.05) is 46.3 Å². The molecule has 0 aliphatic rings. The van der Waals surface area contributed by atoms with Crippen molar-refractivity contribution in [2.45, 2.75) is 6.61 Å². The van der Waals surface area contributed by atoms with Crippen molar-refractivity contribution in [2.75, 3.05) is 5.32 Å². The van der Waals surface area contributed by atoms with Crippen molar-refractivity contribution >= 4 is 27.5 Å². The molecule has 0 spiro atoms. The highest BCUT2D eigenvalue weighted by atomic mass is 79.9. The van der Waals surface area contributed by atoms with Crippen LogP contribution in [0.4, 0.5) is 10.1 Å². The van der Waals surface area contributed by atoms with E-state index in [0.717, 1.165) is 10.0 Å². The molecule has 0 bridgehead atoms. The molecule has 0 unspecified atom stereocenters. The Morgan fingerprint density at radius 2 is 1.64 bits per heavy atom. The molecule has 3 nitrogen and oxygen atoms in total. The number of amides is 1. The van der Waals surface area contributed by atoms with Crippen LogP contribution < -0.4 is 10.1 Å². The number of halogens is 2. The molecule has 0 heterocycles. The second-order valence-electron chi connectivity index (χ2n) is 5.34. The molecule has 1 amide bonds. The summed E-state index contributed by atoms with van der Waals surface area (Å²) in [5.41, 5.74) is 1.92. The summed E-state index contributed by atoms with van der Waals surface area (Å²) in [5.74, 6) is -0.178. The molecule has 0 saturated heterocycles. The van der Waals surface area contributed by atoms with Gasteiger partial charge in [0.25, 0.3) is 5.91 Å². The lowest BCUT2D eigenvalue weighted by molar-refractivity contribution is 0.102. The first kappa shape index (κ1) is 17.2. The van der Waals surface area contributed by atoms with E-state index in [9.17, 15) is 9.18 Å². The number of carbonyl (C=O) groups is 1. The zero-order valence-electron chi connectivity index (χ0n) is 13.2. The number of para-hydroxylation sites is 1. The Balaban J connectivity index is 1.75. The van der Waals surface area contributed by atoms with Crippen LogP contribution in [-0.4, -0.2) is 5.91 Å². The predicted molar refractivity (Wildman–Crippen MR) is 99.3 cm³/mol. The molecular weight excluding hydrogens is 385 g/mol. The van der Waals surface area contributed by atoms with Gasteiger partial charge in [0, 0.05) is 15.7 Å². The third-order valence-corrected chi connectivity index (χ3v) is 4.35. The van der Waals surface area contributed by atoms with Gasteiger partial charge in [-0.15, -0.1) is 0 Å². The molecule has 0 saturated carbocycles. The van der Waals surface area contributed by atoms with Crippen molar-refractivity contribution in [2.24, 2.45) is 0 Å². The van der Waals surface area contributed by atoms with E-state index in [2.05, 4.69) is 21.2 Å². The van der Waals surface area contributed by atoms with Gasteiger partial charge in [-0.25, -0.2) is 4.39 Å². The summed E-state index contributed by atoms with van der Waals surface area (Å²) in [6, 6.07) is 20.4. The normalized spacial score (nSPS) is 10.3. The van der Waals surface area contributed by atoms with Crippen LogP contribution in [0.2, 0.25) is 0 Å². The summed E-state index contributed by atoms with van der Waals surface area (Å²) in [6.45, 7) is 0.336. The van der Waals surface area contributed by atoms with E-state index < -0.39 is 0 Å². The number of anilines is 1. The third kappa shape index (κ3) is 4.45. The molecule has 0 aliphatic heterocycles. The quantitative estimate of drug-likeness (QED) is 0.621. The number of hydrogen-bond acceptors (Lipinski definition) is 2. The van der Waals surface area contributed by atoms with Gasteiger partial charge in [0.05, 0.1) is 5.56 Å². The van der Waals surface area contributed by atoms with Crippen molar-refractivity contribution in [3.05, 3.63) is 94.2 Å². The molecule has 0 atom stereocenters. The first-order chi connectivity index (χ1) is 12.1. The summed E-state index contributed by atoms with van der Waals surface area (Å²) >= 11 is 3.48. The molecule has 0 fully saturated rings. The van der Waals surface area contributed by atoms with E-state index in [4.69, 9.17) is 4.74 Å². The zero-order chi connectivity index (χ0) is 17.6. The molecular formula is C20H15BrFNO2. The average Bonchev–Trinajstić information content (AvgIpc) is 2.63. The van der Waals surface area contributed by atoms with Crippen LogP contribution in [0.3, 0.4) is 0 Å². The summed E-state index contributed by atoms with van der Waals surface area (Å²) < 4.78 is 19.7. The first-order valence-electron chi connectivity index (χ1n) is 7.65. The maximum Gasteiger partial charge on any atom is 0.259 e. The van der Waals surface area contributed by atoms with E-state index in [1.165, 1.54) is 24.3 Å². The van der Waals surface area contributed by atoms with Crippen molar-refractivity contribution < 1.29 is 13.9 Å². The lowest BCUT2D eigenvalue weighted by Crippen LogP contribution is -2.13. The Kier molecular flexibility index (Phi) is 5.46. The minimum absolute atomic E-state index is 0.311. The van der Waals surface area contributed by atoms with Gasteiger partial charge in [0.15, 0.2) is 0 Å². The van der Waals surface area contributed by atoms with Crippen LogP contribution in [0.5, 0.6) is 5.75 Å². The predicted octanol–water partition coefficient (Wildman–Crippen LogP) is 5.42. The first-order valence-corrected chi connectivity index (χ1v) is 8.45. The summed E-state index contributed by atoms with van der Waals surface area (Å²) in [7, 11) is 0. The highest BCUT2D eigenvalue weighted by Gasteiger charge is 2.13. The van der Waals surface area contributed by atoms with Crippen molar-refractivity contribution in [3.63, 3.8) is 0 Å². The van der Waals surface area contributed by atoms with E-state index in [1.54, 1.807) is 18.2 Å². The molecule has 1 N–H and O–H groups in total. The van der Waals surface area contributed by atoms with Crippen molar-refractivity contribution in [1.29, 1.82) is 0 Å². The lowest BCUT2D eigenvalue weighted by atomic mass is 10.1. The Labute approximate surface area is 153 Å². The monoisotopic (exact) mass is 399 g/mol. The topological polar surface area (TPSA) is 38.3 Å². The largest absolute Gasteiger partial charge is 0.488 e. The van der Waals surface area contributed by atoms with E-state index in [-0.39, 0.29) is 11.7 Å². The van der Waals surface area contributed by atoms with Crippen LogP contribution in [0.25, 0.3) is 0 Å². The smallest absolute Gasteiger partial charge is 0.259 e. The van der Waals surface area contributed by atoms with Crippen LogP contribution in [0.1, 0.15) is 15.9 Å². The number of benzene rings is 3. The Morgan fingerprint density at radius 3 is 2.40 bits per heavy atom. The minimum atomic E-state index is -0.352. The Hall–Kier alpha value is -2.66. The van der Waals surface area contributed by atoms with Gasteiger partial charge in [0.1, 0.15) is 18.2 Å². The van der Waals surface area contributed by atoms with Gasteiger partial charge in [-0.05, 0) is 42.5 Å². The molecule has 5 heteroatoms. The van der Waals surface area contributed by atoms with Gasteiger partial charge >= 0.3 is 0 Å². The molecule has 126 valence electrons. The van der Waals surface area contributed by atoms with Gasteiger partial charge in [-0.3, -0.25) is 4.79 Å². The number of nitrogens with one attached hydrogen (secondary N) is 1. The Morgan fingerprint density at radius 1 is 0.960 bits per heavy atom. The lowest BCUT2D eigenvalue weighted by Gasteiger charge is -2.12. The maximum absolute atomic E-state index is 13.0. The average molecular weight is 400 g/mol. The summed E-state index contributed by atoms with van der Waals surface area (Å²) in [5, 5.41) is 2.74. The number of rotatable bonds is 5. The maximum atomic E-state index is 13.0. The van der Waals surface area contributed by atoms with Crippen LogP contribution in [0, 0.1) is 5.82 Å². The van der Waals surface area contributed by atoms with Gasteiger partial charge in [-0.2, -0.15) is 0 Å². The fraction of sp³-hybridized carbons (Fsp3) is 0.0500. The van der Waals surface area contributed by atoms with Gasteiger partial charge in [0.2, 0.25) is 0 Å². The molecule has 25 heavy (non-hydrogen) atoms. The summed E-state index contributed by atoms with van der Waals surface area (Å²) in [6.07, 6.45) is 0. The minimum Gasteiger partial charge on any atom is -0.488 e. The van der Waals surface area contributed by atoms with E-state index in [1.807, 2.05) is 30.3 Å². The molecule has 3 aromatic rings. The van der Waals surface area contributed by atoms with Crippen LogP contribution in [0.15, 0.2) is 77.3 Å². The molecule has 3 rings (SSSR count). The number of hydrogen-bond donors (Lipinski definition) is 1. The SMILES string of the molecule is O=C(Nc1ccc(F)cc1)c1ccccc1OCc1ccccc1Br. The van der Waals surface area contributed by atoms with Crippen LogP contribution >= 0.6 is 15.9 Å². The zero-order valence-corrected chi connectivity index (χ0v) is 14.8. The van der Waals surface area contributed by atoms with Crippen molar-refractivity contribution in [1.82, 2.24) is 0 Å². The summed E-state index contributed by atoms with van der Waals surface area (Å²) in [4.78, 5) is 12.5. The standard InChI is InChI=1S/C20H15BrFNO2/c21-18-7-3-1-5-14(18)13-25-19-8-4-2-6-17(19)20(24)23-16-11-9-15(22)10-12-16/h1-12H,13H2,(H,23,24). The number of ether oxygens (including phenoxy) is 1. The molecule has 0 radical (unpaired) electrons. The van der Waals surface area contributed by atoms with E-state index in [0.29, 0.717) is 23.6 Å². The molecule has 0 aromatic heterocycles. The van der Waals surface area contributed by atoms with Gasteiger partial charge < -0.3 is 10.1 Å². The highest BCUT2D eigenvalue weighted by Crippen LogP contribution is 2.23. The van der Waals surface area contributed by atoms with Crippen molar-refractivity contribution in [3.8, 4) is 5.75 Å². The molecule has 3 aromatic carbocycles. The number of carbonyl (C=O) groups excluding carboxylic acids is 1. The second kappa shape index (κ2) is 7.94. The molecule has 0 aliphatic carbocycles. The third-order valence-electron chi connectivity index (χ3n) is 3.57. The fourth-order valence-electron chi connectivity index (χ4n) is 2.28. The van der Waals surface area contributed by atoms with Crippen LogP contribution in [-0.2, 0) is 6.61 Å². The fourth-order valence-corrected chi connectivity index (χ4v) is 2.68. The highest BCUT2D eigenvalue weighted by molar-refractivity contribution is 9.10. The van der Waals surface area contributed by atoms with E-state index >= 15 is 0 Å².